The van der Waals surface area contributed by atoms with Crippen LogP contribution in [0.1, 0.15) is 45.4 Å². The van der Waals surface area contributed by atoms with E-state index < -0.39 is 23.9 Å². The molecule has 0 aromatic rings. The standard InChI is InChI=1S/C14H25N3O4/c1-2-3-8-16(10-12(15)18)14(21)17-9-6-4-5-7-11(17)13(19)20/h11H,2-10H2,1H3,(H2,15,18)(H,19,20). The first kappa shape index (κ1) is 17.3. The summed E-state index contributed by atoms with van der Waals surface area (Å²) < 4.78 is 0. The predicted molar refractivity (Wildman–Crippen MR) is 77.7 cm³/mol. The summed E-state index contributed by atoms with van der Waals surface area (Å²) in [6, 6.07) is -1.20. The number of aliphatic carboxylic acids is 1. The van der Waals surface area contributed by atoms with Crippen LogP contribution in [0, 0.1) is 0 Å². The van der Waals surface area contributed by atoms with Gasteiger partial charge < -0.3 is 20.6 Å². The van der Waals surface area contributed by atoms with Gasteiger partial charge >= 0.3 is 12.0 Å². The van der Waals surface area contributed by atoms with Gasteiger partial charge in [0.15, 0.2) is 0 Å². The molecule has 3 amide bonds. The minimum absolute atomic E-state index is 0.165. The number of likely N-dealkylation sites (tertiary alicyclic amines) is 1. The van der Waals surface area contributed by atoms with Crippen LogP contribution in [0.4, 0.5) is 4.79 Å². The topological polar surface area (TPSA) is 104 Å². The zero-order valence-electron chi connectivity index (χ0n) is 12.6. The maximum atomic E-state index is 12.6. The van der Waals surface area contributed by atoms with Crippen molar-refractivity contribution in [2.75, 3.05) is 19.6 Å². The maximum absolute atomic E-state index is 12.6. The molecule has 1 rings (SSSR count). The van der Waals surface area contributed by atoms with E-state index in [1.807, 2.05) is 6.92 Å². The molecule has 0 aromatic heterocycles. The molecular formula is C14H25N3O4. The molecule has 1 unspecified atom stereocenters. The first-order valence-electron chi connectivity index (χ1n) is 7.54. The Morgan fingerprint density at radius 2 is 2.00 bits per heavy atom. The number of hydrogen-bond acceptors (Lipinski definition) is 3. The van der Waals surface area contributed by atoms with Gasteiger partial charge in [0.2, 0.25) is 5.91 Å². The highest BCUT2D eigenvalue weighted by Crippen LogP contribution is 2.19. The number of carbonyl (C=O) groups excluding carboxylic acids is 2. The van der Waals surface area contributed by atoms with Gasteiger partial charge in [-0.15, -0.1) is 0 Å². The molecule has 0 aliphatic carbocycles. The number of rotatable bonds is 6. The molecule has 0 radical (unpaired) electrons. The second-order valence-corrected chi connectivity index (χ2v) is 5.42. The molecule has 21 heavy (non-hydrogen) atoms. The minimum Gasteiger partial charge on any atom is -0.480 e. The molecule has 3 N–H and O–H groups in total. The summed E-state index contributed by atoms with van der Waals surface area (Å²) in [6.07, 6.45) is 4.59. The summed E-state index contributed by atoms with van der Waals surface area (Å²) >= 11 is 0. The zero-order chi connectivity index (χ0) is 15.8. The summed E-state index contributed by atoms with van der Waals surface area (Å²) in [7, 11) is 0. The third kappa shape index (κ3) is 5.24. The number of carboxylic acids is 1. The zero-order valence-corrected chi connectivity index (χ0v) is 12.6. The Hall–Kier alpha value is -1.79. The average molecular weight is 299 g/mol. The van der Waals surface area contributed by atoms with Crippen molar-refractivity contribution in [3.8, 4) is 0 Å². The molecule has 0 saturated carbocycles. The summed E-state index contributed by atoms with van der Waals surface area (Å²) in [5, 5.41) is 9.32. The van der Waals surface area contributed by atoms with E-state index in [4.69, 9.17) is 5.73 Å². The molecule has 1 aliphatic heterocycles. The van der Waals surface area contributed by atoms with Gasteiger partial charge in [0.05, 0.1) is 0 Å². The predicted octanol–water partition coefficient (Wildman–Crippen LogP) is 1.02. The van der Waals surface area contributed by atoms with Crippen LogP contribution < -0.4 is 5.73 Å². The van der Waals surface area contributed by atoms with Crippen LogP contribution in [0.15, 0.2) is 0 Å². The Morgan fingerprint density at radius 1 is 1.29 bits per heavy atom. The Kier molecular flexibility index (Phi) is 6.98. The van der Waals surface area contributed by atoms with E-state index in [2.05, 4.69) is 0 Å². The fraction of sp³-hybridized carbons (Fsp3) is 0.786. The molecule has 7 heteroatoms. The smallest absolute Gasteiger partial charge is 0.326 e. The fourth-order valence-corrected chi connectivity index (χ4v) is 2.56. The van der Waals surface area contributed by atoms with Crippen LogP contribution in [-0.2, 0) is 9.59 Å². The highest BCUT2D eigenvalue weighted by atomic mass is 16.4. The van der Waals surface area contributed by atoms with Gasteiger partial charge in [-0.1, -0.05) is 26.2 Å². The first-order valence-corrected chi connectivity index (χ1v) is 7.54. The van der Waals surface area contributed by atoms with E-state index in [1.165, 1.54) is 9.80 Å². The lowest BCUT2D eigenvalue weighted by molar-refractivity contribution is -0.142. The van der Waals surface area contributed by atoms with E-state index in [1.54, 1.807) is 0 Å². The fourth-order valence-electron chi connectivity index (χ4n) is 2.56. The minimum atomic E-state index is -0.986. The molecule has 1 saturated heterocycles. The lowest BCUT2D eigenvalue weighted by Crippen LogP contribution is -2.52. The van der Waals surface area contributed by atoms with Crippen LogP contribution >= 0.6 is 0 Å². The van der Waals surface area contributed by atoms with E-state index in [0.717, 1.165) is 32.1 Å². The molecule has 7 nitrogen and oxygen atoms in total. The Bertz CT molecular complexity index is 386. The number of unbranched alkanes of at least 4 members (excludes halogenated alkanes) is 1. The van der Waals surface area contributed by atoms with Crippen molar-refractivity contribution in [1.82, 2.24) is 9.80 Å². The van der Waals surface area contributed by atoms with E-state index >= 15 is 0 Å². The molecular weight excluding hydrogens is 274 g/mol. The van der Waals surface area contributed by atoms with Crippen molar-refractivity contribution in [3.63, 3.8) is 0 Å². The van der Waals surface area contributed by atoms with Gasteiger partial charge in [0, 0.05) is 13.1 Å². The highest BCUT2D eigenvalue weighted by Gasteiger charge is 2.33. The number of carbonyl (C=O) groups is 3. The third-order valence-electron chi connectivity index (χ3n) is 3.68. The second kappa shape index (κ2) is 8.49. The molecule has 1 fully saturated rings. The van der Waals surface area contributed by atoms with Crippen molar-refractivity contribution >= 4 is 17.9 Å². The lowest BCUT2D eigenvalue weighted by atomic mass is 10.1. The van der Waals surface area contributed by atoms with Crippen molar-refractivity contribution in [2.24, 2.45) is 5.73 Å². The summed E-state index contributed by atoms with van der Waals surface area (Å²) in [6.45, 7) is 2.65. The van der Waals surface area contributed by atoms with Crippen LogP contribution in [0.5, 0.6) is 0 Å². The van der Waals surface area contributed by atoms with Gasteiger partial charge in [0.1, 0.15) is 12.6 Å². The highest BCUT2D eigenvalue weighted by molar-refractivity contribution is 5.86. The van der Waals surface area contributed by atoms with E-state index in [-0.39, 0.29) is 6.54 Å². The normalized spacial score (nSPS) is 18.9. The van der Waals surface area contributed by atoms with E-state index in [0.29, 0.717) is 19.5 Å². The number of urea groups is 1. The molecule has 120 valence electrons. The van der Waals surface area contributed by atoms with Crippen molar-refractivity contribution in [2.45, 2.75) is 51.5 Å². The monoisotopic (exact) mass is 299 g/mol. The second-order valence-electron chi connectivity index (χ2n) is 5.42. The number of amides is 3. The number of nitrogens with two attached hydrogens (primary N) is 1. The molecule has 1 atom stereocenters. The van der Waals surface area contributed by atoms with Crippen molar-refractivity contribution < 1.29 is 19.5 Å². The third-order valence-corrected chi connectivity index (χ3v) is 3.68. The molecule has 1 heterocycles. The molecule has 0 aromatic carbocycles. The van der Waals surface area contributed by atoms with Crippen LogP contribution in [0.2, 0.25) is 0 Å². The van der Waals surface area contributed by atoms with Gasteiger partial charge in [-0.3, -0.25) is 4.79 Å². The van der Waals surface area contributed by atoms with Gasteiger partial charge in [-0.05, 0) is 19.3 Å². The lowest BCUT2D eigenvalue weighted by Gasteiger charge is -2.32. The number of hydrogen-bond donors (Lipinski definition) is 2. The largest absolute Gasteiger partial charge is 0.480 e. The Morgan fingerprint density at radius 3 is 2.57 bits per heavy atom. The Labute approximate surface area is 125 Å². The first-order chi connectivity index (χ1) is 9.97. The van der Waals surface area contributed by atoms with Crippen LogP contribution in [0.3, 0.4) is 0 Å². The quantitative estimate of drug-likeness (QED) is 0.764. The summed E-state index contributed by atoms with van der Waals surface area (Å²) in [5.74, 6) is -1.57. The molecule has 0 spiro atoms. The Balaban J connectivity index is 2.85. The van der Waals surface area contributed by atoms with Crippen molar-refractivity contribution in [3.05, 3.63) is 0 Å². The molecule has 0 bridgehead atoms. The summed E-state index contributed by atoms with van der Waals surface area (Å²) in [4.78, 5) is 37.9. The van der Waals surface area contributed by atoms with E-state index in [9.17, 15) is 19.5 Å². The van der Waals surface area contributed by atoms with Gasteiger partial charge in [0.25, 0.3) is 0 Å². The molecule has 1 aliphatic rings. The average Bonchev–Trinajstić information content (AvgIpc) is 2.67. The number of nitrogens with zero attached hydrogens (tertiary/aromatic N) is 2. The van der Waals surface area contributed by atoms with Gasteiger partial charge in [-0.25, -0.2) is 9.59 Å². The van der Waals surface area contributed by atoms with Crippen LogP contribution in [0.25, 0.3) is 0 Å². The maximum Gasteiger partial charge on any atom is 0.326 e. The summed E-state index contributed by atoms with van der Waals surface area (Å²) in [5.41, 5.74) is 5.19. The number of primary amides is 1. The SMILES string of the molecule is CCCCN(CC(N)=O)C(=O)N1CCCCCC1C(=O)O. The van der Waals surface area contributed by atoms with Crippen molar-refractivity contribution in [1.29, 1.82) is 0 Å². The van der Waals surface area contributed by atoms with Gasteiger partial charge in [-0.2, -0.15) is 0 Å². The van der Waals surface area contributed by atoms with Crippen LogP contribution in [-0.4, -0.2) is 58.5 Å². The number of carboxylic acid groups (broad SMARTS) is 1.